The van der Waals surface area contributed by atoms with E-state index in [9.17, 15) is 0 Å². The van der Waals surface area contributed by atoms with Crippen LogP contribution in [0.4, 0.5) is 0 Å². The molecule has 0 aliphatic carbocycles. The van der Waals surface area contributed by atoms with E-state index in [0.29, 0.717) is 0 Å². The van der Waals surface area contributed by atoms with Crippen molar-refractivity contribution in [2.24, 2.45) is 0 Å². The maximum absolute atomic E-state index is 9.00. The summed E-state index contributed by atoms with van der Waals surface area (Å²) in [7, 11) is 0. The number of carboxylic acids is 1. The van der Waals surface area contributed by atoms with Crippen LogP contribution in [-0.4, -0.2) is 16.1 Å². The van der Waals surface area contributed by atoms with Crippen molar-refractivity contribution in [3.05, 3.63) is 78.5 Å². The highest BCUT2D eigenvalue weighted by Crippen LogP contribution is 2.23. The lowest BCUT2D eigenvalue weighted by Crippen LogP contribution is -1.89. The van der Waals surface area contributed by atoms with Crippen LogP contribution in [0.15, 0.2) is 72.9 Å². The number of nitrogens with zero attached hydrogens (tertiary/aromatic N) is 1. The second-order valence-corrected chi connectivity index (χ2v) is 6.47. The normalized spacial score (nSPS) is 10.0. The first-order valence-electron chi connectivity index (χ1n) is 9.40. The lowest BCUT2D eigenvalue weighted by Gasteiger charge is -2.06. The highest BCUT2D eigenvalue weighted by atomic mass is 16.4. The smallest absolute Gasteiger partial charge is 0.300 e. The van der Waals surface area contributed by atoms with Gasteiger partial charge in [-0.15, -0.1) is 0 Å². The Balaban J connectivity index is 0.000000596. The van der Waals surface area contributed by atoms with Crippen LogP contribution in [-0.2, 0) is 11.2 Å². The van der Waals surface area contributed by atoms with Gasteiger partial charge in [-0.2, -0.15) is 0 Å². The molecule has 3 heteroatoms. The first kappa shape index (κ1) is 20.4. The van der Waals surface area contributed by atoms with Gasteiger partial charge >= 0.3 is 0 Å². The number of unbranched alkanes of at least 4 members (excludes halogenated alkanes) is 2. The minimum atomic E-state index is -0.833. The number of benzene rings is 2. The predicted molar refractivity (Wildman–Crippen MR) is 112 cm³/mol. The molecule has 3 aromatic rings. The van der Waals surface area contributed by atoms with E-state index in [4.69, 9.17) is 9.90 Å². The van der Waals surface area contributed by atoms with Gasteiger partial charge in [0.1, 0.15) is 0 Å². The number of rotatable bonds is 6. The minimum Gasteiger partial charge on any atom is -0.481 e. The van der Waals surface area contributed by atoms with Gasteiger partial charge in [-0.25, -0.2) is 0 Å². The second kappa shape index (κ2) is 10.9. The third kappa shape index (κ3) is 7.06. The van der Waals surface area contributed by atoms with Crippen LogP contribution in [0.2, 0.25) is 0 Å². The summed E-state index contributed by atoms with van der Waals surface area (Å²) in [6.45, 7) is 3.32. The number of hydrogen-bond donors (Lipinski definition) is 1. The van der Waals surface area contributed by atoms with Gasteiger partial charge in [-0.3, -0.25) is 9.78 Å². The van der Waals surface area contributed by atoms with Gasteiger partial charge in [0.15, 0.2) is 0 Å². The molecule has 0 saturated heterocycles. The zero-order chi connectivity index (χ0) is 19.5. The minimum absolute atomic E-state index is 0.833. The molecule has 0 aliphatic rings. The Labute approximate surface area is 161 Å². The summed E-state index contributed by atoms with van der Waals surface area (Å²) in [6.07, 6.45) is 6.97. The van der Waals surface area contributed by atoms with Crippen LogP contribution >= 0.6 is 0 Å². The number of carbonyl (C=O) groups is 1. The van der Waals surface area contributed by atoms with Gasteiger partial charge < -0.3 is 5.11 Å². The summed E-state index contributed by atoms with van der Waals surface area (Å²) >= 11 is 0. The molecule has 3 nitrogen and oxygen atoms in total. The van der Waals surface area contributed by atoms with Crippen LogP contribution in [0.25, 0.3) is 22.4 Å². The fraction of sp³-hybridized carbons (Fsp3) is 0.250. The Morgan fingerprint density at radius 3 is 2.00 bits per heavy atom. The van der Waals surface area contributed by atoms with Crippen LogP contribution in [0, 0.1) is 0 Å². The Hall–Kier alpha value is -2.94. The van der Waals surface area contributed by atoms with Crippen LogP contribution in [0.5, 0.6) is 0 Å². The third-order valence-electron chi connectivity index (χ3n) is 4.18. The molecule has 1 N–H and O–H groups in total. The fourth-order valence-corrected chi connectivity index (χ4v) is 2.79. The predicted octanol–water partition coefficient (Wildman–Crippen LogP) is 6.24. The summed E-state index contributed by atoms with van der Waals surface area (Å²) < 4.78 is 0. The Morgan fingerprint density at radius 1 is 0.852 bits per heavy atom. The Bertz CT molecular complexity index is 805. The van der Waals surface area contributed by atoms with E-state index in [1.54, 1.807) is 0 Å². The molecule has 0 saturated carbocycles. The molecule has 0 atom stereocenters. The summed E-state index contributed by atoms with van der Waals surface area (Å²) in [4.78, 5) is 13.6. The maximum atomic E-state index is 9.00. The molecule has 0 amide bonds. The average molecular weight is 361 g/mol. The van der Waals surface area contributed by atoms with E-state index in [0.717, 1.165) is 19.0 Å². The van der Waals surface area contributed by atoms with E-state index in [2.05, 4.69) is 72.6 Å². The van der Waals surface area contributed by atoms with E-state index in [-0.39, 0.29) is 0 Å². The van der Waals surface area contributed by atoms with E-state index >= 15 is 0 Å². The molecule has 1 aromatic heterocycles. The van der Waals surface area contributed by atoms with Gasteiger partial charge in [0.2, 0.25) is 0 Å². The Kier molecular flexibility index (Phi) is 8.24. The molecular formula is C24H27NO2. The van der Waals surface area contributed by atoms with Gasteiger partial charge in [0.05, 0.1) is 5.69 Å². The number of pyridine rings is 1. The van der Waals surface area contributed by atoms with Gasteiger partial charge in [-0.05, 0) is 35.6 Å². The Morgan fingerprint density at radius 2 is 1.44 bits per heavy atom. The van der Waals surface area contributed by atoms with E-state index in [1.165, 1.54) is 41.5 Å². The molecule has 0 aliphatic heterocycles. The molecule has 0 fully saturated rings. The quantitative estimate of drug-likeness (QED) is 0.529. The molecule has 3 rings (SSSR count). The first-order chi connectivity index (χ1) is 13.1. The molecule has 140 valence electrons. The van der Waals surface area contributed by atoms with Crippen molar-refractivity contribution in [2.45, 2.75) is 39.5 Å². The summed E-state index contributed by atoms with van der Waals surface area (Å²) in [5.41, 5.74) is 6.04. The van der Waals surface area contributed by atoms with Gasteiger partial charge in [0.25, 0.3) is 5.97 Å². The maximum Gasteiger partial charge on any atom is 0.300 e. The monoisotopic (exact) mass is 361 g/mol. The largest absolute Gasteiger partial charge is 0.481 e. The topological polar surface area (TPSA) is 50.2 Å². The highest BCUT2D eigenvalue weighted by Gasteiger charge is 2.02. The van der Waals surface area contributed by atoms with Crippen molar-refractivity contribution in [1.82, 2.24) is 4.98 Å². The third-order valence-corrected chi connectivity index (χ3v) is 4.18. The van der Waals surface area contributed by atoms with Crippen molar-refractivity contribution < 1.29 is 9.90 Å². The van der Waals surface area contributed by atoms with Crippen molar-refractivity contribution in [2.75, 3.05) is 0 Å². The zero-order valence-electron chi connectivity index (χ0n) is 16.1. The number of aliphatic carboxylic acids is 1. The molecule has 0 bridgehead atoms. The van der Waals surface area contributed by atoms with Crippen molar-refractivity contribution in [3.63, 3.8) is 0 Å². The lowest BCUT2D eigenvalue weighted by molar-refractivity contribution is -0.134. The molecular weight excluding hydrogens is 334 g/mol. The summed E-state index contributed by atoms with van der Waals surface area (Å²) in [6, 6.07) is 23.5. The molecule has 0 radical (unpaired) electrons. The number of aryl methyl sites for hydroxylation is 1. The summed E-state index contributed by atoms with van der Waals surface area (Å²) in [5.74, 6) is -0.833. The van der Waals surface area contributed by atoms with Crippen molar-refractivity contribution in [3.8, 4) is 22.4 Å². The van der Waals surface area contributed by atoms with Gasteiger partial charge in [0, 0.05) is 18.7 Å². The summed E-state index contributed by atoms with van der Waals surface area (Å²) in [5, 5.41) is 7.42. The van der Waals surface area contributed by atoms with Crippen LogP contribution < -0.4 is 0 Å². The van der Waals surface area contributed by atoms with Crippen molar-refractivity contribution >= 4 is 5.97 Å². The standard InChI is InChI=1S/C22H23N.C2H4O2/c1-2-3-5-8-18-11-16-22(23-17-18)21-14-12-20(13-15-21)19-9-6-4-7-10-19;1-2(3)4/h4,6-7,9-17H,2-3,5,8H2,1H3;1H3,(H,3,4). The highest BCUT2D eigenvalue weighted by molar-refractivity contribution is 5.68. The SMILES string of the molecule is CC(=O)O.CCCCCc1ccc(-c2ccc(-c3ccccc3)cc2)nc1. The lowest BCUT2D eigenvalue weighted by atomic mass is 10.0. The first-order valence-corrected chi connectivity index (χ1v) is 9.40. The van der Waals surface area contributed by atoms with Crippen molar-refractivity contribution in [1.29, 1.82) is 0 Å². The molecule has 1 heterocycles. The molecule has 0 unspecified atom stereocenters. The molecule has 2 aromatic carbocycles. The molecule has 27 heavy (non-hydrogen) atoms. The van der Waals surface area contributed by atoms with Crippen LogP contribution in [0.3, 0.4) is 0 Å². The number of aromatic nitrogens is 1. The van der Waals surface area contributed by atoms with Gasteiger partial charge in [-0.1, -0.05) is 80.4 Å². The average Bonchev–Trinajstić information content (AvgIpc) is 2.69. The fourth-order valence-electron chi connectivity index (χ4n) is 2.79. The number of carboxylic acid groups (broad SMARTS) is 1. The number of hydrogen-bond acceptors (Lipinski definition) is 2. The molecule has 0 spiro atoms. The van der Waals surface area contributed by atoms with E-state index < -0.39 is 5.97 Å². The zero-order valence-corrected chi connectivity index (χ0v) is 16.1. The van der Waals surface area contributed by atoms with E-state index in [1.807, 2.05) is 12.3 Å². The second-order valence-electron chi connectivity index (χ2n) is 6.47. The van der Waals surface area contributed by atoms with Crippen LogP contribution in [0.1, 0.15) is 38.7 Å².